The van der Waals surface area contributed by atoms with Crippen LogP contribution >= 0.6 is 0 Å². The van der Waals surface area contributed by atoms with Crippen LogP contribution in [0.1, 0.15) is 19.8 Å². The fraction of sp³-hybridized carbons (Fsp3) is 0.579. The molecule has 0 aromatic heterocycles. The summed E-state index contributed by atoms with van der Waals surface area (Å²) in [5, 5.41) is 0. The summed E-state index contributed by atoms with van der Waals surface area (Å²) in [6.45, 7) is 4.40. The van der Waals surface area contributed by atoms with Crippen LogP contribution in [0.4, 0.5) is 5.69 Å². The van der Waals surface area contributed by atoms with Gasteiger partial charge in [0, 0.05) is 44.2 Å². The maximum absolute atomic E-state index is 13.0. The van der Waals surface area contributed by atoms with Crippen molar-refractivity contribution in [1.82, 2.24) is 9.80 Å². The summed E-state index contributed by atoms with van der Waals surface area (Å²) in [4.78, 5) is 30.8. The molecule has 2 saturated heterocycles. The fourth-order valence-electron chi connectivity index (χ4n) is 3.72. The number of carbonyl (C=O) groups is 2. The van der Waals surface area contributed by atoms with E-state index in [9.17, 15) is 18.0 Å². The molecule has 0 bridgehead atoms. The number of para-hydroxylation sites is 1. The summed E-state index contributed by atoms with van der Waals surface area (Å²) in [7, 11) is -3.31. The lowest BCUT2D eigenvalue weighted by atomic mass is 10.0. The van der Waals surface area contributed by atoms with Gasteiger partial charge in [0.05, 0.1) is 6.04 Å². The van der Waals surface area contributed by atoms with E-state index in [4.69, 9.17) is 0 Å². The normalized spacial score (nSPS) is 22.1. The van der Waals surface area contributed by atoms with Gasteiger partial charge in [0.25, 0.3) is 0 Å². The quantitative estimate of drug-likeness (QED) is 0.738. The maximum atomic E-state index is 13.0. The van der Waals surface area contributed by atoms with Gasteiger partial charge in [-0.05, 0) is 25.0 Å². The van der Waals surface area contributed by atoms with Gasteiger partial charge in [0.15, 0.2) is 9.84 Å². The van der Waals surface area contributed by atoms with Crippen LogP contribution < -0.4 is 4.90 Å². The van der Waals surface area contributed by atoms with Crippen molar-refractivity contribution in [2.24, 2.45) is 0 Å². The Morgan fingerprint density at radius 2 is 1.74 bits per heavy atom. The van der Waals surface area contributed by atoms with Crippen LogP contribution in [-0.4, -0.2) is 80.3 Å². The first-order valence-electron chi connectivity index (χ1n) is 9.50. The third-order valence-electron chi connectivity index (χ3n) is 5.37. The molecule has 2 aliphatic heterocycles. The van der Waals surface area contributed by atoms with Crippen molar-refractivity contribution in [3.63, 3.8) is 0 Å². The first-order chi connectivity index (χ1) is 12.9. The van der Waals surface area contributed by atoms with Crippen molar-refractivity contribution in [2.45, 2.75) is 25.8 Å². The summed E-state index contributed by atoms with van der Waals surface area (Å²) >= 11 is 0. The molecule has 0 aliphatic carbocycles. The molecule has 0 N–H and O–H groups in total. The lowest BCUT2D eigenvalue weighted by Crippen LogP contribution is -2.58. The summed E-state index contributed by atoms with van der Waals surface area (Å²) in [5.41, 5.74) is 0.922. The second-order valence-electron chi connectivity index (χ2n) is 7.08. The summed E-state index contributed by atoms with van der Waals surface area (Å²) in [5.74, 6) is -0.670. The Morgan fingerprint density at radius 3 is 2.37 bits per heavy atom. The van der Waals surface area contributed by atoms with Crippen LogP contribution in [0.5, 0.6) is 0 Å². The Balaban J connectivity index is 1.59. The Hall–Kier alpha value is -1.93. The minimum atomic E-state index is -3.31. The number of anilines is 1. The highest BCUT2D eigenvalue weighted by Gasteiger charge is 2.36. The zero-order valence-electron chi connectivity index (χ0n) is 15.7. The van der Waals surface area contributed by atoms with Gasteiger partial charge in [-0.15, -0.1) is 0 Å². The van der Waals surface area contributed by atoms with Gasteiger partial charge in [-0.3, -0.25) is 14.5 Å². The molecule has 0 spiro atoms. The molecule has 8 heteroatoms. The second-order valence-corrected chi connectivity index (χ2v) is 9.43. The number of sulfone groups is 1. The van der Waals surface area contributed by atoms with Crippen LogP contribution in [0, 0.1) is 0 Å². The van der Waals surface area contributed by atoms with Crippen LogP contribution in [0.15, 0.2) is 30.3 Å². The Bertz CT molecular complexity index is 773. The minimum Gasteiger partial charge on any atom is -0.339 e. The van der Waals surface area contributed by atoms with Crippen LogP contribution in [-0.2, 0) is 19.4 Å². The van der Waals surface area contributed by atoms with Crippen molar-refractivity contribution >= 4 is 27.3 Å². The number of rotatable bonds is 5. The third kappa shape index (κ3) is 4.68. The second kappa shape index (κ2) is 8.39. The first kappa shape index (κ1) is 19.8. The average Bonchev–Trinajstić information content (AvgIpc) is 2.69. The molecule has 0 unspecified atom stereocenters. The van der Waals surface area contributed by atoms with E-state index in [1.165, 1.54) is 0 Å². The van der Waals surface area contributed by atoms with Gasteiger partial charge < -0.3 is 9.80 Å². The summed E-state index contributed by atoms with van der Waals surface area (Å²) in [6, 6.07) is 9.53. The van der Waals surface area contributed by atoms with E-state index < -0.39 is 15.6 Å². The SMILES string of the molecule is CCS(=O)(=O)CC(=O)N1CCN([C@@H]2CCCN(c3ccccc3)C2=O)CC1. The first-order valence-corrected chi connectivity index (χ1v) is 11.3. The summed E-state index contributed by atoms with van der Waals surface area (Å²) < 4.78 is 23.3. The predicted octanol–water partition coefficient (Wildman–Crippen LogP) is 0.761. The number of hydrogen-bond donors (Lipinski definition) is 0. The number of hydrogen-bond acceptors (Lipinski definition) is 5. The molecule has 1 atom stereocenters. The van der Waals surface area contributed by atoms with Crippen molar-refractivity contribution in [2.75, 3.05) is 49.1 Å². The van der Waals surface area contributed by atoms with Crippen LogP contribution in [0.25, 0.3) is 0 Å². The molecule has 2 amide bonds. The molecule has 0 saturated carbocycles. The van der Waals surface area contributed by atoms with E-state index in [2.05, 4.69) is 4.90 Å². The van der Waals surface area contributed by atoms with Gasteiger partial charge in [-0.25, -0.2) is 8.42 Å². The highest BCUT2D eigenvalue weighted by atomic mass is 32.2. The highest BCUT2D eigenvalue weighted by Crippen LogP contribution is 2.24. The van der Waals surface area contributed by atoms with Gasteiger partial charge in [0.2, 0.25) is 11.8 Å². The Labute approximate surface area is 160 Å². The Morgan fingerprint density at radius 1 is 1.07 bits per heavy atom. The fourth-order valence-corrected chi connectivity index (χ4v) is 4.49. The molecule has 2 fully saturated rings. The van der Waals surface area contributed by atoms with Crippen molar-refractivity contribution in [1.29, 1.82) is 0 Å². The molecule has 1 aromatic rings. The third-order valence-corrected chi connectivity index (χ3v) is 6.94. The number of nitrogens with zero attached hydrogens (tertiary/aromatic N) is 3. The smallest absolute Gasteiger partial charge is 0.244 e. The average molecular weight is 394 g/mol. The molecule has 2 heterocycles. The Kier molecular flexibility index (Phi) is 6.16. The standard InChI is InChI=1S/C19H27N3O4S/c1-2-27(25,26)15-18(23)21-13-11-20(12-14-21)17-9-6-10-22(19(17)24)16-7-4-3-5-8-16/h3-5,7-8,17H,2,6,9-15H2,1H3/t17-/m1/s1. The van der Waals surface area contributed by atoms with E-state index in [0.29, 0.717) is 26.2 Å². The van der Waals surface area contributed by atoms with Crippen molar-refractivity contribution in [3.8, 4) is 0 Å². The van der Waals surface area contributed by atoms with Crippen LogP contribution in [0.3, 0.4) is 0 Å². The van der Waals surface area contributed by atoms with Crippen molar-refractivity contribution < 1.29 is 18.0 Å². The largest absolute Gasteiger partial charge is 0.339 e. The number of piperazine rings is 1. The topological polar surface area (TPSA) is 78.0 Å². The molecular weight excluding hydrogens is 366 g/mol. The molecule has 1 aromatic carbocycles. The van der Waals surface area contributed by atoms with E-state index in [-0.39, 0.29) is 23.6 Å². The predicted molar refractivity (Wildman–Crippen MR) is 104 cm³/mol. The van der Waals surface area contributed by atoms with E-state index >= 15 is 0 Å². The van der Waals surface area contributed by atoms with Gasteiger partial charge >= 0.3 is 0 Å². The maximum Gasteiger partial charge on any atom is 0.244 e. The lowest BCUT2D eigenvalue weighted by Gasteiger charge is -2.42. The molecule has 3 rings (SSSR count). The summed E-state index contributed by atoms with van der Waals surface area (Å²) in [6.07, 6.45) is 1.76. The van der Waals surface area contributed by atoms with Gasteiger partial charge in [-0.1, -0.05) is 25.1 Å². The number of benzene rings is 1. The monoisotopic (exact) mass is 393 g/mol. The molecule has 27 heavy (non-hydrogen) atoms. The zero-order valence-corrected chi connectivity index (χ0v) is 16.5. The number of carbonyl (C=O) groups excluding carboxylic acids is 2. The van der Waals surface area contributed by atoms with Gasteiger partial charge in [-0.2, -0.15) is 0 Å². The van der Waals surface area contributed by atoms with E-state index in [1.807, 2.05) is 35.2 Å². The molecular formula is C19H27N3O4S. The molecule has 7 nitrogen and oxygen atoms in total. The lowest BCUT2D eigenvalue weighted by molar-refractivity contribution is -0.132. The number of amides is 2. The minimum absolute atomic E-state index is 0.0232. The van der Waals surface area contributed by atoms with E-state index in [1.54, 1.807) is 11.8 Å². The van der Waals surface area contributed by atoms with E-state index in [0.717, 1.165) is 25.1 Å². The number of piperidine rings is 1. The zero-order chi connectivity index (χ0) is 19.4. The highest BCUT2D eigenvalue weighted by molar-refractivity contribution is 7.92. The van der Waals surface area contributed by atoms with Crippen molar-refractivity contribution in [3.05, 3.63) is 30.3 Å². The van der Waals surface area contributed by atoms with Gasteiger partial charge in [0.1, 0.15) is 5.75 Å². The molecule has 0 radical (unpaired) electrons. The molecule has 2 aliphatic rings. The molecule has 148 valence electrons. The van der Waals surface area contributed by atoms with Crippen LogP contribution in [0.2, 0.25) is 0 Å².